The van der Waals surface area contributed by atoms with Crippen LogP contribution in [0.5, 0.6) is 11.5 Å². The van der Waals surface area contributed by atoms with Crippen molar-refractivity contribution in [3.05, 3.63) is 23.8 Å². The summed E-state index contributed by atoms with van der Waals surface area (Å²) in [6.45, 7) is 1.87. The van der Waals surface area contributed by atoms with Crippen LogP contribution >= 0.6 is 12.4 Å². The summed E-state index contributed by atoms with van der Waals surface area (Å²) in [6.07, 6.45) is 4.71. The van der Waals surface area contributed by atoms with Crippen LogP contribution in [-0.4, -0.2) is 25.2 Å². The third-order valence-electron chi connectivity index (χ3n) is 4.36. The molecule has 0 aromatic heterocycles. The molecule has 3 rings (SSSR count). The Hall–Kier alpha value is -1.46. The van der Waals surface area contributed by atoms with E-state index in [1.165, 1.54) is 0 Å². The molecule has 1 aromatic carbocycles. The number of rotatable bonds is 3. The Balaban J connectivity index is 0.00000192. The predicted octanol–water partition coefficient (Wildman–Crippen LogP) is 2.40. The minimum absolute atomic E-state index is 0. The van der Waals surface area contributed by atoms with Crippen molar-refractivity contribution in [3.63, 3.8) is 0 Å². The second-order valence-electron chi connectivity index (χ2n) is 6.17. The number of hydrogen-bond acceptors (Lipinski definition) is 4. The highest BCUT2D eigenvalue weighted by molar-refractivity contribution is 5.85. The Bertz CT molecular complexity index is 539. The summed E-state index contributed by atoms with van der Waals surface area (Å²) in [4.78, 5) is 12.2. The van der Waals surface area contributed by atoms with Gasteiger partial charge in [0.25, 0.3) is 0 Å². The molecule has 6 heteroatoms. The van der Waals surface area contributed by atoms with E-state index >= 15 is 0 Å². The van der Waals surface area contributed by atoms with Gasteiger partial charge in [-0.05, 0) is 37.0 Å². The molecule has 2 atom stereocenters. The minimum atomic E-state index is 0. The Kier molecular flexibility index (Phi) is 6.54. The third kappa shape index (κ3) is 4.75. The Labute approximate surface area is 143 Å². The van der Waals surface area contributed by atoms with Gasteiger partial charge in [-0.1, -0.05) is 12.5 Å². The molecule has 1 aromatic rings. The van der Waals surface area contributed by atoms with Gasteiger partial charge in [-0.15, -0.1) is 12.4 Å². The van der Waals surface area contributed by atoms with Gasteiger partial charge in [0.1, 0.15) is 0 Å². The number of nitrogens with two attached hydrogens (primary N) is 1. The molecule has 0 radical (unpaired) electrons. The maximum atomic E-state index is 12.2. The summed E-state index contributed by atoms with van der Waals surface area (Å²) in [5, 5.41) is 3.02. The molecule has 2 unspecified atom stereocenters. The third-order valence-corrected chi connectivity index (χ3v) is 4.36. The van der Waals surface area contributed by atoms with Crippen molar-refractivity contribution in [2.75, 3.05) is 13.2 Å². The molecule has 2 aliphatic rings. The number of fused-ring (bicyclic) bond motifs is 1. The maximum Gasteiger partial charge on any atom is 0.223 e. The van der Waals surface area contributed by atoms with Gasteiger partial charge < -0.3 is 20.5 Å². The SMILES string of the molecule is Cl.NC1CCCC(C(=O)NCc2ccc3c(c2)OCCCO3)C1. The van der Waals surface area contributed by atoms with Crippen LogP contribution in [0.15, 0.2) is 18.2 Å². The number of halogens is 1. The van der Waals surface area contributed by atoms with Crippen molar-refractivity contribution in [2.45, 2.75) is 44.7 Å². The molecule has 1 aliphatic heterocycles. The van der Waals surface area contributed by atoms with Gasteiger partial charge in [0.2, 0.25) is 5.91 Å². The van der Waals surface area contributed by atoms with E-state index in [0.717, 1.165) is 49.2 Å². The van der Waals surface area contributed by atoms with Crippen molar-refractivity contribution >= 4 is 18.3 Å². The van der Waals surface area contributed by atoms with Crippen LogP contribution in [0.3, 0.4) is 0 Å². The molecule has 0 saturated heterocycles. The molecule has 1 fully saturated rings. The normalized spacial score (nSPS) is 23.3. The van der Waals surface area contributed by atoms with Gasteiger partial charge in [-0.3, -0.25) is 4.79 Å². The summed E-state index contributed by atoms with van der Waals surface area (Å²) in [5.74, 6) is 1.72. The molecule has 5 nitrogen and oxygen atoms in total. The lowest BCUT2D eigenvalue weighted by Gasteiger charge is -2.25. The molecule has 0 spiro atoms. The number of benzene rings is 1. The van der Waals surface area contributed by atoms with Crippen molar-refractivity contribution in [3.8, 4) is 11.5 Å². The number of carbonyl (C=O) groups excluding carboxylic acids is 1. The highest BCUT2D eigenvalue weighted by Crippen LogP contribution is 2.30. The zero-order valence-corrected chi connectivity index (χ0v) is 14.1. The molecule has 1 amide bonds. The standard InChI is InChI=1S/C17H24N2O3.ClH/c18-14-4-1-3-13(10-14)17(20)19-11-12-5-6-15-16(9-12)22-8-2-7-21-15;/h5-6,9,13-14H,1-4,7-8,10-11,18H2,(H,19,20);1H. The van der Waals surface area contributed by atoms with Gasteiger partial charge in [0.15, 0.2) is 11.5 Å². The predicted molar refractivity (Wildman–Crippen MR) is 91.1 cm³/mol. The van der Waals surface area contributed by atoms with Crippen LogP contribution < -0.4 is 20.5 Å². The fourth-order valence-electron chi connectivity index (χ4n) is 3.12. The fraction of sp³-hybridized carbons (Fsp3) is 0.588. The highest BCUT2D eigenvalue weighted by atomic mass is 35.5. The smallest absolute Gasteiger partial charge is 0.223 e. The van der Waals surface area contributed by atoms with Crippen LogP contribution in [0.2, 0.25) is 0 Å². The van der Waals surface area contributed by atoms with Crippen LogP contribution in [0.4, 0.5) is 0 Å². The zero-order valence-electron chi connectivity index (χ0n) is 13.3. The first-order chi connectivity index (χ1) is 10.7. The van der Waals surface area contributed by atoms with E-state index in [1.807, 2.05) is 18.2 Å². The Morgan fingerprint density at radius 3 is 2.74 bits per heavy atom. The molecule has 1 saturated carbocycles. The number of hydrogen-bond donors (Lipinski definition) is 2. The van der Waals surface area contributed by atoms with Gasteiger partial charge >= 0.3 is 0 Å². The summed E-state index contributed by atoms with van der Waals surface area (Å²) in [7, 11) is 0. The Morgan fingerprint density at radius 2 is 1.96 bits per heavy atom. The van der Waals surface area contributed by atoms with Crippen molar-refractivity contribution in [1.82, 2.24) is 5.32 Å². The fourth-order valence-corrected chi connectivity index (χ4v) is 3.12. The van der Waals surface area contributed by atoms with Crippen molar-refractivity contribution in [1.29, 1.82) is 0 Å². The van der Waals surface area contributed by atoms with Crippen molar-refractivity contribution < 1.29 is 14.3 Å². The van der Waals surface area contributed by atoms with Crippen LogP contribution in [0.1, 0.15) is 37.7 Å². The van der Waals surface area contributed by atoms with Gasteiger partial charge in [-0.2, -0.15) is 0 Å². The molecular weight excluding hydrogens is 316 g/mol. The molecular formula is C17H25ClN2O3. The van der Waals surface area contributed by atoms with E-state index in [9.17, 15) is 4.79 Å². The average molecular weight is 341 g/mol. The Morgan fingerprint density at radius 1 is 1.17 bits per heavy atom. The maximum absolute atomic E-state index is 12.2. The molecule has 1 aliphatic carbocycles. The second-order valence-corrected chi connectivity index (χ2v) is 6.17. The zero-order chi connectivity index (χ0) is 15.4. The lowest BCUT2D eigenvalue weighted by molar-refractivity contribution is -0.126. The summed E-state index contributed by atoms with van der Waals surface area (Å²) in [5.41, 5.74) is 6.98. The van der Waals surface area contributed by atoms with Gasteiger partial charge in [0.05, 0.1) is 13.2 Å². The summed E-state index contributed by atoms with van der Waals surface area (Å²) < 4.78 is 11.3. The molecule has 23 heavy (non-hydrogen) atoms. The molecule has 3 N–H and O–H groups in total. The molecule has 128 valence electrons. The monoisotopic (exact) mass is 340 g/mol. The molecule has 1 heterocycles. The van der Waals surface area contributed by atoms with Crippen LogP contribution in [0, 0.1) is 5.92 Å². The second kappa shape index (κ2) is 8.41. The van der Waals surface area contributed by atoms with E-state index in [2.05, 4.69) is 5.32 Å². The highest BCUT2D eigenvalue weighted by Gasteiger charge is 2.25. The van der Waals surface area contributed by atoms with E-state index < -0.39 is 0 Å². The number of carbonyl (C=O) groups is 1. The number of nitrogens with one attached hydrogen (secondary N) is 1. The van der Waals surface area contributed by atoms with E-state index in [0.29, 0.717) is 19.8 Å². The van der Waals surface area contributed by atoms with Crippen molar-refractivity contribution in [2.24, 2.45) is 11.7 Å². The lowest BCUT2D eigenvalue weighted by atomic mass is 9.85. The largest absolute Gasteiger partial charge is 0.490 e. The first kappa shape index (κ1) is 17.9. The minimum Gasteiger partial charge on any atom is -0.490 e. The van der Waals surface area contributed by atoms with Crippen LogP contribution in [0.25, 0.3) is 0 Å². The summed E-state index contributed by atoms with van der Waals surface area (Å²) >= 11 is 0. The van der Waals surface area contributed by atoms with E-state index in [-0.39, 0.29) is 30.3 Å². The average Bonchev–Trinajstić information content (AvgIpc) is 2.77. The summed E-state index contributed by atoms with van der Waals surface area (Å²) in [6, 6.07) is 6.01. The number of amides is 1. The topological polar surface area (TPSA) is 73.6 Å². The quantitative estimate of drug-likeness (QED) is 0.886. The van der Waals surface area contributed by atoms with E-state index in [4.69, 9.17) is 15.2 Å². The first-order valence-corrected chi connectivity index (χ1v) is 8.14. The van der Waals surface area contributed by atoms with Crippen LogP contribution in [-0.2, 0) is 11.3 Å². The number of ether oxygens (including phenoxy) is 2. The molecule has 0 bridgehead atoms. The van der Waals surface area contributed by atoms with Gasteiger partial charge in [0, 0.05) is 24.9 Å². The van der Waals surface area contributed by atoms with E-state index in [1.54, 1.807) is 0 Å². The lowest BCUT2D eigenvalue weighted by Crippen LogP contribution is -2.37. The first-order valence-electron chi connectivity index (χ1n) is 8.14. The van der Waals surface area contributed by atoms with Gasteiger partial charge in [-0.25, -0.2) is 0 Å².